The maximum Gasteiger partial charge on any atom is 0.230 e. The zero-order chi connectivity index (χ0) is 22.8. The molecule has 1 N–H and O–H groups in total. The van der Waals surface area contributed by atoms with Crippen LogP contribution in [0.25, 0.3) is 0 Å². The van der Waals surface area contributed by atoms with Gasteiger partial charge < -0.3 is 19.5 Å². The maximum atomic E-state index is 13.1. The van der Waals surface area contributed by atoms with E-state index >= 15 is 0 Å². The summed E-state index contributed by atoms with van der Waals surface area (Å²) in [6.07, 6.45) is 4.07. The standard InChI is InChI=1S/C27H35NO4/c1-26(2,3)20-8-10-21(11-9-20)27(13-14-27)25(29)28-17-19-7-12-23(24(16-19)30-4)32-18-22-6-5-15-31-22/h7-12,16,22H,5-6,13-15,17-18H2,1-4H3,(H,28,29). The van der Waals surface area contributed by atoms with Gasteiger partial charge in [-0.3, -0.25) is 4.79 Å². The molecule has 1 atom stereocenters. The van der Waals surface area contributed by atoms with Gasteiger partial charge in [0.05, 0.1) is 18.6 Å². The molecule has 4 rings (SSSR count). The van der Waals surface area contributed by atoms with Crippen molar-refractivity contribution in [3.05, 3.63) is 59.2 Å². The van der Waals surface area contributed by atoms with Crippen molar-refractivity contribution in [2.24, 2.45) is 0 Å². The average molecular weight is 438 g/mol. The molecule has 0 radical (unpaired) electrons. The summed E-state index contributed by atoms with van der Waals surface area (Å²) in [5.74, 6) is 1.48. The van der Waals surface area contributed by atoms with E-state index in [4.69, 9.17) is 14.2 Å². The zero-order valence-electron chi connectivity index (χ0n) is 19.7. The van der Waals surface area contributed by atoms with Gasteiger partial charge in [-0.1, -0.05) is 51.1 Å². The van der Waals surface area contributed by atoms with Gasteiger partial charge >= 0.3 is 0 Å². The number of rotatable bonds is 8. The molecule has 1 unspecified atom stereocenters. The maximum absolute atomic E-state index is 13.1. The highest BCUT2D eigenvalue weighted by molar-refractivity contribution is 5.91. The second kappa shape index (κ2) is 9.14. The van der Waals surface area contributed by atoms with Crippen LogP contribution in [-0.2, 0) is 26.9 Å². The molecule has 0 bridgehead atoms. The van der Waals surface area contributed by atoms with Crippen LogP contribution in [0, 0.1) is 0 Å². The molecule has 1 heterocycles. The van der Waals surface area contributed by atoms with E-state index in [0.717, 1.165) is 43.4 Å². The van der Waals surface area contributed by atoms with Crippen molar-refractivity contribution >= 4 is 5.91 Å². The lowest BCUT2D eigenvalue weighted by Crippen LogP contribution is -2.34. The summed E-state index contributed by atoms with van der Waals surface area (Å²) < 4.78 is 17.0. The number of carbonyl (C=O) groups excluding carboxylic acids is 1. The third-order valence-electron chi connectivity index (χ3n) is 6.62. The smallest absolute Gasteiger partial charge is 0.230 e. The summed E-state index contributed by atoms with van der Waals surface area (Å²) >= 11 is 0. The Balaban J connectivity index is 1.37. The number of nitrogens with one attached hydrogen (secondary N) is 1. The Morgan fingerprint density at radius 1 is 1.12 bits per heavy atom. The number of methoxy groups -OCH3 is 1. The molecule has 32 heavy (non-hydrogen) atoms. The van der Waals surface area contributed by atoms with Crippen molar-refractivity contribution in [2.75, 3.05) is 20.3 Å². The molecule has 0 aromatic heterocycles. The fraction of sp³-hybridized carbons (Fsp3) is 0.519. The fourth-order valence-corrected chi connectivity index (χ4v) is 4.31. The number of ether oxygens (including phenoxy) is 3. The number of carbonyl (C=O) groups is 1. The van der Waals surface area contributed by atoms with E-state index in [0.29, 0.717) is 24.7 Å². The van der Waals surface area contributed by atoms with Crippen LogP contribution in [0.1, 0.15) is 63.1 Å². The van der Waals surface area contributed by atoms with Crippen LogP contribution in [-0.4, -0.2) is 32.3 Å². The summed E-state index contributed by atoms with van der Waals surface area (Å²) in [6.45, 7) is 8.41. The molecule has 1 amide bonds. The number of hydrogen-bond acceptors (Lipinski definition) is 4. The molecular weight excluding hydrogens is 402 g/mol. The Morgan fingerprint density at radius 2 is 1.88 bits per heavy atom. The molecule has 5 heteroatoms. The third kappa shape index (κ3) is 4.93. The summed E-state index contributed by atoms with van der Waals surface area (Å²) in [5.41, 5.74) is 3.10. The Kier molecular flexibility index (Phi) is 6.47. The molecule has 2 aromatic rings. The normalized spacial score (nSPS) is 19.4. The van der Waals surface area contributed by atoms with Gasteiger partial charge in [0.2, 0.25) is 5.91 Å². The number of benzene rings is 2. The first-order valence-electron chi connectivity index (χ1n) is 11.6. The molecule has 1 saturated carbocycles. The molecule has 5 nitrogen and oxygen atoms in total. The van der Waals surface area contributed by atoms with Crippen LogP contribution in [0.15, 0.2) is 42.5 Å². The lowest BCUT2D eigenvalue weighted by Gasteiger charge is -2.21. The number of hydrogen-bond donors (Lipinski definition) is 1. The van der Waals surface area contributed by atoms with Gasteiger partial charge in [-0.25, -0.2) is 0 Å². The molecule has 2 aliphatic rings. The zero-order valence-corrected chi connectivity index (χ0v) is 19.7. The van der Waals surface area contributed by atoms with Crippen LogP contribution < -0.4 is 14.8 Å². The topological polar surface area (TPSA) is 56.8 Å². The average Bonchev–Trinajstić information content (AvgIpc) is 3.44. The van der Waals surface area contributed by atoms with Crippen molar-refractivity contribution in [2.45, 2.75) is 69.9 Å². The first-order valence-corrected chi connectivity index (χ1v) is 11.6. The molecule has 1 aliphatic carbocycles. The monoisotopic (exact) mass is 437 g/mol. The van der Waals surface area contributed by atoms with E-state index in [1.807, 2.05) is 18.2 Å². The Bertz CT molecular complexity index is 935. The van der Waals surface area contributed by atoms with Gasteiger partial charge in [-0.15, -0.1) is 0 Å². The third-order valence-corrected chi connectivity index (χ3v) is 6.62. The molecule has 172 valence electrons. The first-order chi connectivity index (χ1) is 15.3. The van der Waals surface area contributed by atoms with Crippen LogP contribution in [0.3, 0.4) is 0 Å². The SMILES string of the molecule is COc1cc(CNC(=O)C2(c3ccc(C(C)(C)C)cc3)CC2)ccc1OCC1CCCO1. The highest BCUT2D eigenvalue weighted by Gasteiger charge is 2.51. The van der Waals surface area contributed by atoms with Gasteiger partial charge in [0.1, 0.15) is 6.61 Å². The summed E-state index contributed by atoms with van der Waals surface area (Å²) in [7, 11) is 1.64. The highest BCUT2D eigenvalue weighted by atomic mass is 16.5. The van der Waals surface area contributed by atoms with Gasteiger partial charge in [-0.2, -0.15) is 0 Å². The lowest BCUT2D eigenvalue weighted by atomic mass is 9.85. The predicted molar refractivity (Wildman–Crippen MR) is 125 cm³/mol. The van der Waals surface area contributed by atoms with Gasteiger partial charge in [0.25, 0.3) is 0 Å². The molecule has 1 saturated heterocycles. The van der Waals surface area contributed by atoms with E-state index in [1.165, 1.54) is 5.56 Å². The van der Waals surface area contributed by atoms with Crippen molar-refractivity contribution in [3.8, 4) is 11.5 Å². The summed E-state index contributed by atoms with van der Waals surface area (Å²) in [6, 6.07) is 14.4. The van der Waals surface area contributed by atoms with Crippen LogP contribution >= 0.6 is 0 Å². The summed E-state index contributed by atoms with van der Waals surface area (Å²) in [4.78, 5) is 13.1. The van der Waals surface area contributed by atoms with Crippen molar-refractivity contribution in [3.63, 3.8) is 0 Å². The minimum Gasteiger partial charge on any atom is -0.493 e. The van der Waals surface area contributed by atoms with E-state index in [2.05, 4.69) is 50.4 Å². The van der Waals surface area contributed by atoms with E-state index < -0.39 is 0 Å². The van der Waals surface area contributed by atoms with Crippen LogP contribution in [0.4, 0.5) is 0 Å². The molecule has 2 aromatic carbocycles. The van der Waals surface area contributed by atoms with Crippen molar-refractivity contribution in [1.29, 1.82) is 0 Å². The van der Waals surface area contributed by atoms with Crippen LogP contribution in [0.5, 0.6) is 11.5 Å². The molecule has 2 fully saturated rings. The fourth-order valence-electron chi connectivity index (χ4n) is 4.31. The minimum absolute atomic E-state index is 0.0960. The van der Waals surface area contributed by atoms with Gasteiger partial charge in [-0.05, 0) is 59.9 Å². The van der Waals surface area contributed by atoms with Crippen molar-refractivity contribution in [1.82, 2.24) is 5.32 Å². The second-order valence-corrected chi connectivity index (χ2v) is 10.0. The minimum atomic E-state index is -0.384. The van der Waals surface area contributed by atoms with E-state index in [9.17, 15) is 4.79 Å². The van der Waals surface area contributed by atoms with Crippen molar-refractivity contribution < 1.29 is 19.0 Å². The molecular formula is C27H35NO4. The van der Waals surface area contributed by atoms with Crippen LogP contribution in [0.2, 0.25) is 0 Å². The molecule has 1 aliphatic heterocycles. The predicted octanol–water partition coefficient (Wildman–Crippen LogP) is 4.90. The quantitative estimate of drug-likeness (QED) is 0.638. The Labute approximate surface area is 191 Å². The van der Waals surface area contributed by atoms with E-state index in [-0.39, 0.29) is 22.8 Å². The highest BCUT2D eigenvalue weighted by Crippen LogP contribution is 2.48. The summed E-state index contributed by atoms with van der Waals surface area (Å²) in [5, 5.41) is 3.14. The lowest BCUT2D eigenvalue weighted by molar-refractivity contribution is -0.123. The Morgan fingerprint density at radius 3 is 2.47 bits per heavy atom. The first kappa shape index (κ1) is 22.7. The van der Waals surface area contributed by atoms with E-state index in [1.54, 1.807) is 7.11 Å². The molecule has 0 spiro atoms. The van der Waals surface area contributed by atoms with Gasteiger partial charge in [0, 0.05) is 13.2 Å². The largest absolute Gasteiger partial charge is 0.493 e. The Hall–Kier alpha value is -2.53. The van der Waals surface area contributed by atoms with Gasteiger partial charge in [0.15, 0.2) is 11.5 Å². The number of amides is 1. The second-order valence-electron chi connectivity index (χ2n) is 10.0.